The molecule has 1 N–H and O–H groups in total. The molecule has 3 nitrogen and oxygen atoms in total. The minimum absolute atomic E-state index is 0.261. The lowest BCUT2D eigenvalue weighted by atomic mass is 10.1. The topological polar surface area (TPSA) is 38.0 Å². The molecule has 0 unspecified atom stereocenters. The summed E-state index contributed by atoms with van der Waals surface area (Å²) in [6, 6.07) is 0. The Kier molecular flexibility index (Phi) is 4.66. The van der Waals surface area contributed by atoms with Crippen LogP contribution in [0.2, 0.25) is 0 Å². The van der Waals surface area contributed by atoms with Gasteiger partial charge in [-0.2, -0.15) is 5.10 Å². The summed E-state index contributed by atoms with van der Waals surface area (Å²) in [5.74, 6) is 0.722. The molecule has 0 amide bonds. The molecule has 1 aromatic rings. The number of aromatic nitrogens is 2. The van der Waals surface area contributed by atoms with Crippen molar-refractivity contribution in [3.8, 4) is 0 Å². The van der Waals surface area contributed by atoms with Crippen molar-refractivity contribution in [2.45, 2.75) is 39.7 Å². The van der Waals surface area contributed by atoms with Gasteiger partial charge in [0.15, 0.2) is 0 Å². The van der Waals surface area contributed by atoms with Crippen LogP contribution in [0.15, 0.2) is 12.4 Å². The molecule has 14 heavy (non-hydrogen) atoms. The Labute approximate surface area is 85.8 Å². The van der Waals surface area contributed by atoms with E-state index in [1.807, 2.05) is 10.9 Å². The van der Waals surface area contributed by atoms with Crippen LogP contribution in [0.1, 0.15) is 32.3 Å². The van der Waals surface area contributed by atoms with Crippen LogP contribution in [0, 0.1) is 5.92 Å². The van der Waals surface area contributed by atoms with Gasteiger partial charge in [-0.15, -0.1) is 0 Å². The van der Waals surface area contributed by atoms with Crippen LogP contribution in [-0.4, -0.2) is 21.5 Å². The smallest absolute Gasteiger partial charge is 0.0521 e. The molecule has 0 aliphatic heterocycles. The number of hydrogen-bond donors (Lipinski definition) is 1. The lowest BCUT2D eigenvalue weighted by molar-refractivity contribution is 0.288. The maximum Gasteiger partial charge on any atom is 0.0521 e. The largest absolute Gasteiger partial charge is 0.396 e. The van der Waals surface area contributed by atoms with Crippen molar-refractivity contribution in [2.24, 2.45) is 5.92 Å². The normalized spacial score (nSPS) is 11.1. The predicted molar refractivity (Wildman–Crippen MR) is 57.1 cm³/mol. The Hall–Kier alpha value is -0.830. The summed E-state index contributed by atoms with van der Waals surface area (Å²) >= 11 is 0. The highest BCUT2D eigenvalue weighted by Crippen LogP contribution is 2.05. The molecule has 0 fully saturated rings. The van der Waals surface area contributed by atoms with Gasteiger partial charge in [0.1, 0.15) is 0 Å². The zero-order valence-corrected chi connectivity index (χ0v) is 9.11. The van der Waals surface area contributed by atoms with Crippen LogP contribution in [-0.2, 0) is 13.0 Å². The van der Waals surface area contributed by atoms with Crippen LogP contribution >= 0.6 is 0 Å². The second kappa shape index (κ2) is 5.81. The number of rotatable bonds is 6. The second-order valence-electron chi connectivity index (χ2n) is 4.12. The zero-order chi connectivity index (χ0) is 10.4. The summed E-state index contributed by atoms with van der Waals surface area (Å²) in [6.07, 6.45) is 6.91. The molecule has 1 heterocycles. The SMILES string of the molecule is CC(C)CCn1cc(CCCO)cn1. The third-order valence-electron chi connectivity index (χ3n) is 2.25. The molecule has 0 bridgehead atoms. The van der Waals surface area contributed by atoms with Crippen LogP contribution in [0.3, 0.4) is 0 Å². The maximum atomic E-state index is 8.68. The van der Waals surface area contributed by atoms with Crippen molar-refractivity contribution in [1.29, 1.82) is 0 Å². The Balaban J connectivity index is 2.35. The number of aliphatic hydroxyl groups is 1. The standard InChI is InChI=1S/C11H20N2O/c1-10(2)5-6-13-9-11(8-12-13)4-3-7-14/h8-10,14H,3-7H2,1-2H3. The number of aliphatic hydroxyl groups excluding tert-OH is 1. The van der Waals surface area contributed by atoms with E-state index in [9.17, 15) is 0 Å². The fourth-order valence-electron chi connectivity index (χ4n) is 1.33. The van der Waals surface area contributed by atoms with E-state index >= 15 is 0 Å². The maximum absolute atomic E-state index is 8.68. The molecule has 0 saturated heterocycles. The molecule has 0 spiro atoms. The van der Waals surface area contributed by atoms with Gasteiger partial charge in [-0.25, -0.2) is 0 Å². The third kappa shape index (κ3) is 3.92. The molecule has 0 aliphatic rings. The van der Waals surface area contributed by atoms with Crippen LogP contribution < -0.4 is 0 Å². The molecule has 0 aliphatic carbocycles. The predicted octanol–water partition coefficient (Wildman–Crippen LogP) is 1.85. The van der Waals surface area contributed by atoms with E-state index in [0.29, 0.717) is 0 Å². The quantitative estimate of drug-likeness (QED) is 0.754. The summed E-state index contributed by atoms with van der Waals surface area (Å²) in [5.41, 5.74) is 1.22. The first-order valence-corrected chi connectivity index (χ1v) is 5.34. The van der Waals surface area contributed by atoms with Gasteiger partial charge in [0.2, 0.25) is 0 Å². The molecule has 0 aromatic carbocycles. The minimum Gasteiger partial charge on any atom is -0.396 e. The first kappa shape index (κ1) is 11.2. The second-order valence-corrected chi connectivity index (χ2v) is 4.12. The lowest BCUT2D eigenvalue weighted by Crippen LogP contribution is -2.01. The average molecular weight is 196 g/mol. The minimum atomic E-state index is 0.261. The van der Waals surface area contributed by atoms with Crippen LogP contribution in [0.5, 0.6) is 0 Å². The number of nitrogens with zero attached hydrogens (tertiary/aromatic N) is 2. The van der Waals surface area contributed by atoms with Crippen LogP contribution in [0.4, 0.5) is 0 Å². The first-order valence-electron chi connectivity index (χ1n) is 5.34. The van der Waals surface area contributed by atoms with Crippen molar-refractivity contribution in [3.63, 3.8) is 0 Å². The van der Waals surface area contributed by atoms with Gasteiger partial charge in [-0.05, 0) is 30.7 Å². The fraction of sp³-hybridized carbons (Fsp3) is 0.727. The number of aryl methyl sites for hydroxylation is 2. The molecule has 1 aromatic heterocycles. The molecule has 0 radical (unpaired) electrons. The van der Waals surface area contributed by atoms with Crippen LogP contribution in [0.25, 0.3) is 0 Å². The van der Waals surface area contributed by atoms with Crippen molar-refractivity contribution in [1.82, 2.24) is 9.78 Å². The highest BCUT2D eigenvalue weighted by Gasteiger charge is 1.99. The van der Waals surface area contributed by atoms with E-state index in [0.717, 1.165) is 25.3 Å². The van der Waals surface area contributed by atoms with Crippen molar-refractivity contribution < 1.29 is 5.11 Å². The number of hydrogen-bond acceptors (Lipinski definition) is 2. The summed E-state index contributed by atoms with van der Waals surface area (Å²) in [4.78, 5) is 0. The Morgan fingerprint density at radius 3 is 2.93 bits per heavy atom. The van der Waals surface area contributed by atoms with E-state index in [4.69, 9.17) is 5.11 Å². The first-order chi connectivity index (χ1) is 6.72. The van der Waals surface area contributed by atoms with Crippen molar-refractivity contribution in [3.05, 3.63) is 18.0 Å². The highest BCUT2D eigenvalue weighted by molar-refractivity contribution is 5.03. The molecule has 80 valence electrons. The average Bonchev–Trinajstić information content (AvgIpc) is 2.59. The van der Waals surface area contributed by atoms with Gasteiger partial charge in [-0.1, -0.05) is 13.8 Å². The molecule has 0 atom stereocenters. The summed E-state index contributed by atoms with van der Waals surface area (Å²) in [6.45, 7) is 5.69. The Morgan fingerprint density at radius 1 is 1.50 bits per heavy atom. The van der Waals surface area contributed by atoms with E-state index in [-0.39, 0.29) is 6.61 Å². The molecule has 3 heteroatoms. The van der Waals surface area contributed by atoms with Gasteiger partial charge in [0, 0.05) is 19.3 Å². The summed E-state index contributed by atoms with van der Waals surface area (Å²) in [5, 5.41) is 13.0. The zero-order valence-electron chi connectivity index (χ0n) is 9.11. The molecule has 0 saturated carbocycles. The monoisotopic (exact) mass is 196 g/mol. The fourth-order valence-corrected chi connectivity index (χ4v) is 1.33. The van der Waals surface area contributed by atoms with E-state index in [2.05, 4.69) is 25.1 Å². The Bertz CT molecular complexity index is 256. The van der Waals surface area contributed by atoms with Gasteiger partial charge in [0.05, 0.1) is 6.20 Å². The third-order valence-corrected chi connectivity index (χ3v) is 2.25. The molecular weight excluding hydrogens is 176 g/mol. The van der Waals surface area contributed by atoms with E-state index in [1.165, 1.54) is 12.0 Å². The highest BCUT2D eigenvalue weighted by atomic mass is 16.2. The van der Waals surface area contributed by atoms with E-state index < -0.39 is 0 Å². The van der Waals surface area contributed by atoms with Crippen molar-refractivity contribution in [2.75, 3.05) is 6.61 Å². The van der Waals surface area contributed by atoms with Gasteiger partial charge in [-0.3, -0.25) is 4.68 Å². The van der Waals surface area contributed by atoms with Gasteiger partial charge < -0.3 is 5.11 Å². The lowest BCUT2D eigenvalue weighted by Gasteiger charge is -2.03. The van der Waals surface area contributed by atoms with E-state index in [1.54, 1.807) is 0 Å². The molecule has 1 rings (SSSR count). The Morgan fingerprint density at radius 2 is 2.29 bits per heavy atom. The molecular formula is C11H20N2O. The van der Waals surface area contributed by atoms with Crippen molar-refractivity contribution >= 4 is 0 Å². The summed E-state index contributed by atoms with van der Waals surface area (Å²) in [7, 11) is 0. The van der Waals surface area contributed by atoms with Gasteiger partial charge >= 0.3 is 0 Å². The summed E-state index contributed by atoms with van der Waals surface area (Å²) < 4.78 is 1.99. The van der Waals surface area contributed by atoms with Gasteiger partial charge in [0.25, 0.3) is 0 Å².